The molecule has 0 saturated carbocycles. The van der Waals surface area contributed by atoms with Gasteiger partial charge in [-0.3, -0.25) is 4.79 Å². The third-order valence-corrected chi connectivity index (χ3v) is 6.15. The first-order valence-corrected chi connectivity index (χ1v) is 11.1. The summed E-state index contributed by atoms with van der Waals surface area (Å²) in [5, 5.41) is 9.58. The number of hydrogen-bond donors (Lipinski definition) is 1. The quantitative estimate of drug-likeness (QED) is 0.646. The minimum absolute atomic E-state index is 0.0233. The van der Waals surface area contributed by atoms with Gasteiger partial charge >= 0.3 is 0 Å². The second kappa shape index (κ2) is 7.97. The number of benzene rings is 2. The van der Waals surface area contributed by atoms with Crippen LogP contribution in [0.15, 0.2) is 76.6 Å². The highest BCUT2D eigenvalue weighted by atomic mass is 32.2. The highest BCUT2D eigenvalue weighted by molar-refractivity contribution is 7.89. The van der Waals surface area contributed by atoms with E-state index in [1.807, 2.05) is 6.08 Å². The number of sulfonamides is 1. The third-order valence-electron chi connectivity index (χ3n) is 5.22. The zero-order chi connectivity index (χ0) is 21.3. The van der Waals surface area contributed by atoms with Crippen LogP contribution in [-0.4, -0.2) is 18.2 Å². The molecule has 0 fully saturated rings. The summed E-state index contributed by atoms with van der Waals surface area (Å²) < 4.78 is 38.1. The van der Waals surface area contributed by atoms with Crippen LogP contribution in [0.3, 0.4) is 0 Å². The summed E-state index contributed by atoms with van der Waals surface area (Å²) in [4.78, 5) is 13.4. The predicted molar refractivity (Wildman–Crippen MR) is 113 cm³/mol. The SMILES string of the molecule is NS(=O)(=O)c1ccc(-c2cnn(C3CC=CCC3)c(=O)c2-c2ccc(F)cc2)cc1. The largest absolute Gasteiger partial charge is 0.275 e. The van der Waals surface area contributed by atoms with Crippen molar-refractivity contribution in [3.05, 3.63) is 83.1 Å². The van der Waals surface area contributed by atoms with Crippen LogP contribution in [0.25, 0.3) is 22.3 Å². The molecule has 8 heteroatoms. The van der Waals surface area contributed by atoms with Gasteiger partial charge in [0.25, 0.3) is 5.56 Å². The molecular weight excluding hydrogens is 405 g/mol. The lowest BCUT2D eigenvalue weighted by Crippen LogP contribution is -2.29. The van der Waals surface area contributed by atoms with Gasteiger partial charge in [0.2, 0.25) is 10.0 Å². The molecule has 1 aliphatic rings. The van der Waals surface area contributed by atoms with E-state index in [9.17, 15) is 17.6 Å². The topological polar surface area (TPSA) is 95.1 Å². The number of primary sulfonamides is 1. The second-order valence-corrected chi connectivity index (χ2v) is 8.76. The summed E-state index contributed by atoms with van der Waals surface area (Å²) in [5.41, 5.74) is 1.84. The molecule has 1 atom stereocenters. The monoisotopic (exact) mass is 425 g/mol. The maximum absolute atomic E-state index is 13.5. The highest BCUT2D eigenvalue weighted by Gasteiger charge is 2.21. The van der Waals surface area contributed by atoms with Crippen LogP contribution in [0.2, 0.25) is 0 Å². The Bertz CT molecular complexity index is 1260. The van der Waals surface area contributed by atoms with Crippen molar-refractivity contribution in [2.45, 2.75) is 30.2 Å². The molecule has 0 bridgehead atoms. The Morgan fingerprint density at radius 1 is 1.00 bits per heavy atom. The Kier molecular flexibility index (Phi) is 5.36. The first kappa shape index (κ1) is 20.2. The molecule has 30 heavy (non-hydrogen) atoms. The third kappa shape index (κ3) is 3.96. The fourth-order valence-electron chi connectivity index (χ4n) is 3.67. The fraction of sp³-hybridized carbons (Fsp3) is 0.182. The van der Waals surface area contributed by atoms with Gasteiger partial charge < -0.3 is 0 Å². The second-order valence-electron chi connectivity index (χ2n) is 7.20. The Hall–Kier alpha value is -3.10. The zero-order valence-electron chi connectivity index (χ0n) is 16.0. The normalized spacial score (nSPS) is 16.5. The van der Waals surface area contributed by atoms with Gasteiger partial charge in [0.05, 0.1) is 22.7 Å². The molecule has 0 aliphatic heterocycles. The fourth-order valence-corrected chi connectivity index (χ4v) is 4.18. The summed E-state index contributed by atoms with van der Waals surface area (Å²) >= 11 is 0. The van der Waals surface area contributed by atoms with Crippen molar-refractivity contribution < 1.29 is 12.8 Å². The van der Waals surface area contributed by atoms with Crippen molar-refractivity contribution in [2.24, 2.45) is 5.14 Å². The van der Waals surface area contributed by atoms with Gasteiger partial charge in [-0.15, -0.1) is 0 Å². The molecule has 1 aliphatic carbocycles. The number of nitrogens with two attached hydrogens (primary N) is 1. The number of hydrogen-bond acceptors (Lipinski definition) is 4. The maximum atomic E-state index is 13.5. The lowest BCUT2D eigenvalue weighted by atomic mass is 9.96. The maximum Gasteiger partial charge on any atom is 0.275 e. The number of aromatic nitrogens is 2. The summed E-state index contributed by atoms with van der Waals surface area (Å²) in [7, 11) is -3.83. The van der Waals surface area contributed by atoms with E-state index in [-0.39, 0.29) is 16.5 Å². The molecule has 1 unspecified atom stereocenters. The molecule has 4 rings (SSSR count). The van der Waals surface area contributed by atoms with Gasteiger partial charge in [-0.25, -0.2) is 22.6 Å². The Morgan fingerprint density at radius 3 is 2.27 bits per heavy atom. The van der Waals surface area contributed by atoms with Crippen LogP contribution in [0.1, 0.15) is 25.3 Å². The molecule has 0 radical (unpaired) electrons. The first-order valence-electron chi connectivity index (χ1n) is 9.50. The van der Waals surface area contributed by atoms with Gasteiger partial charge in [-0.2, -0.15) is 5.10 Å². The van der Waals surface area contributed by atoms with Crippen molar-refractivity contribution in [1.29, 1.82) is 0 Å². The van der Waals surface area contributed by atoms with Crippen LogP contribution >= 0.6 is 0 Å². The average Bonchev–Trinajstić information content (AvgIpc) is 2.74. The van der Waals surface area contributed by atoms with Gasteiger partial charge in [0.15, 0.2) is 0 Å². The average molecular weight is 425 g/mol. The van der Waals surface area contributed by atoms with E-state index in [0.717, 1.165) is 19.3 Å². The zero-order valence-corrected chi connectivity index (χ0v) is 16.8. The molecule has 0 spiro atoms. The molecule has 3 aromatic rings. The van der Waals surface area contributed by atoms with Crippen LogP contribution in [0.4, 0.5) is 4.39 Å². The van der Waals surface area contributed by atoms with E-state index in [1.54, 1.807) is 30.5 Å². The van der Waals surface area contributed by atoms with E-state index in [4.69, 9.17) is 5.14 Å². The molecular formula is C22H20FN3O3S. The van der Waals surface area contributed by atoms with E-state index < -0.39 is 15.8 Å². The Labute approximate surface area is 173 Å². The van der Waals surface area contributed by atoms with Gasteiger partial charge in [0.1, 0.15) is 5.82 Å². The minimum atomic E-state index is -3.83. The minimum Gasteiger partial charge on any atom is -0.267 e. The smallest absolute Gasteiger partial charge is 0.267 e. The molecule has 2 N–H and O–H groups in total. The molecule has 2 aromatic carbocycles. The van der Waals surface area contributed by atoms with Crippen molar-refractivity contribution in [2.75, 3.05) is 0 Å². The van der Waals surface area contributed by atoms with E-state index in [1.165, 1.54) is 28.9 Å². The summed E-state index contributed by atoms with van der Waals surface area (Å²) in [5.74, 6) is -0.399. The predicted octanol–water partition coefficient (Wildman–Crippen LogP) is 3.65. The summed E-state index contributed by atoms with van der Waals surface area (Å²) in [6.07, 6.45) is 8.14. The van der Waals surface area contributed by atoms with Crippen molar-refractivity contribution in [1.82, 2.24) is 9.78 Å². The van der Waals surface area contributed by atoms with E-state index >= 15 is 0 Å². The standard InChI is InChI=1S/C22H20FN3O3S/c23-17-10-6-16(7-11-17)21-20(15-8-12-19(13-9-15)30(24,28)29)14-25-26(22(21)27)18-4-2-1-3-5-18/h1-2,6-14,18H,3-5H2,(H2,24,28,29). The highest BCUT2D eigenvalue weighted by Crippen LogP contribution is 2.31. The van der Waals surface area contributed by atoms with Crippen molar-refractivity contribution >= 4 is 10.0 Å². The molecule has 154 valence electrons. The summed E-state index contributed by atoms with van der Waals surface area (Å²) in [6.45, 7) is 0. The van der Waals surface area contributed by atoms with Crippen LogP contribution in [-0.2, 0) is 10.0 Å². The van der Waals surface area contributed by atoms with Crippen LogP contribution in [0, 0.1) is 5.82 Å². The van der Waals surface area contributed by atoms with Gasteiger partial charge in [-0.1, -0.05) is 36.4 Å². The Balaban J connectivity index is 1.89. The first-order chi connectivity index (χ1) is 14.3. The molecule has 0 amide bonds. The molecule has 6 nitrogen and oxygen atoms in total. The number of allylic oxidation sites excluding steroid dienone is 2. The number of halogens is 1. The van der Waals surface area contributed by atoms with E-state index in [0.29, 0.717) is 22.3 Å². The van der Waals surface area contributed by atoms with Gasteiger partial charge in [0, 0.05) is 5.56 Å². The van der Waals surface area contributed by atoms with Crippen molar-refractivity contribution in [3.63, 3.8) is 0 Å². The van der Waals surface area contributed by atoms with Crippen LogP contribution in [0.5, 0.6) is 0 Å². The lowest BCUT2D eigenvalue weighted by molar-refractivity contribution is 0.403. The van der Waals surface area contributed by atoms with Gasteiger partial charge in [-0.05, 0) is 54.7 Å². The number of nitrogens with zero attached hydrogens (tertiary/aromatic N) is 2. The number of rotatable bonds is 4. The van der Waals surface area contributed by atoms with Crippen molar-refractivity contribution in [3.8, 4) is 22.3 Å². The molecule has 0 saturated heterocycles. The Morgan fingerprint density at radius 2 is 1.67 bits per heavy atom. The molecule has 1 aromatic heterocycles. The van der Waals surface area contributed by atoms with E-state index in [2.05, 4.69) is 11.2 Å². The molecule has 1 heterocycles. The van der Waals surface area contributed by atoms with Crippen LogP contribution < -0.4 is 10.7 Å². The summed E-state index contributed by atoms with van der Waals surface area (Å²) in [6, 6.07) is 11.6. The lowest BCUT2D eigenvalue weighted by Gasteiger charge is -2.21.